The second-order valence-corrected chi connectivity index (χ2v) is 10.7. The predicted molar refractivity (Wildman–Crippen MR) is 127 cm³/mol. The highest BCUT2D eigenvalue weighted by atomic mass is 16.5. The molecule has 4 nitrogen and oxygen atoms in total. The summed E-state index contributed by atoms with van der Waals surface area (Å²) in [5.74, 6) is 1.70. The van der Waals surface area contributed by atoms with Crippen LogP contribution in [0, 0.1) is 5.92 Å². The molecule has 2 N–H and O–H groups in total. The normalized spacial score (nSPS) is 22.1. The van der Waals surface area contributed by atoms with Crippen LogP contribution in [0.25, 0.3) is 0 Å². The lowest BCUT2D eigenvalue weighted by atomic mass is 9.66. The molecule has 0 saturated heterocycles. The van der Waals surface area contributed by atoms with Gasteiger partial charge in [0.1, 0.15) is 17.1 Å². The number of unbranched alkanes of at least 4 members (excludes halogenated alkanes) is 3. The Hall–Kier alpha value is -1.97. The molecule has 0 saturated carbocycles. The molecule has 1 aliphatic heterocycles. The van der Waals surface area contributed by atoms with Crippen molar-refractivity contribution in [2.75, 3.05) is 6.54 Å². The highest BCUT2D eigenvalue weighted by Gasteiger charge is 2.46. The summed E-state index contributed by atoms with van der Waals surface area (Å²) >= 11 is 0. The first-order valence-corrected chi connectivity index (χ1v) is 12.0. The van der Waals surface area contributed by atoms with Gasteiger partial charge in [0, 0.05) is 30.9 Å². The average Bonchev–Trinajstić information content (AvgIpc) is 2.68. The van der Waals surface area contributed by atoms with Gasteiger partial charge in [0.2, 0.25) is 5.91 Å². The van der Waals surface area contributed by atoms with E-state index < -0.39 is 0 Å². The third kappa shape index (κ3) is 5.27. The van der Waals surface area contributed by atoms with Crippen LogP contribution in [0.3, 0.4) is 0 Å². The first-order chi connectivity index (χ1) is 14.5. The van der Waals surface area contributed by atoms with Crippen LogP contribution in [-0.2, 0) is 10.2 Å². The van der Waals surface area contributed by atoms with Gasteiger partial charge in [-0.1, -0.05) is 58.1 Å². The number of carbonyl (C=O) groups is 1. The molecule has 2 atom stereocenters. The van der Waals surface area contributed by atoms with Crippen LogP contribution < -0.4 is 10.1 Å². The Kier molecular flexibility index (Phi) is 7.08. The largest absolute Gasteiger partial charge is 0.508 e. The number of rotatable bonds is 8. The molecule has 1 heterocycles. The van der Waals surface area contributed by atoms with E-state index in [1.165, 1.54) is 31.3 Å². The maximum atomic E-state index is 11.4. The average molecular weight is 428 g/mol. The SMILES string of the molecule is CCCCCCC(C)(C)c1cc(O)c2c(c1)OC(C)(C)C1CC=C(CNC(C)=O)CC21. The molecular formula is C27H41NO3. The first kappa shape index (κ1) is 23.7. The Balaban J connectivity index is 1.89. The van der Waals surface area contributed by atoms with Crippen LogP contribution in [0.5, 0.6) is 11.5 Å². The molecule has 0 spiro atoms. The van der Waals surface area contributed by atoms with E-state index in [0.717, 1.165) is 36.1 Å². The van der Waals surface area contributed by atoms with Gasteiger partial charge in [-0.2, -0.15) is 0 Å². The number of fused-ring (bicyclic) bond motifs is 3. The second-order valence-electron chi connectivity index (χ2n) is 10.7. The number of hydrogen-bond donors (Lipinski definition) is 2. The van der Waals surface area contributed by atoms with E-state index in [1.807, 2.05) is 6.07 Å². The van der Waals surface area contributed by atoms with E-state index in [0.29, 0.717) is 18.2 Å². The fourth-order valence-electron chi connectivity index (χ4n) is 5.38. The quantitative estimate of drug-likeness (QED) is 0.374. The van der Waals surface area contributed by atoms with E-state index in [4.69, 9.17) is 4.74 Å². The van der Waals surface area contributed by atoms with Crippen molar-refractivity contribution in [3.8, 4) is 11.5 Å². The van der Waals surface area contributed by atoms with Gasteiger partial charge in [-0.15, -0.1) is 0 Å². The summed E-state index contributed by atoms with van der Waals surface area (Å²) in [7, 11) is 0. The topological polar surface area (TPSA) is 58.6 Å². The zero-order valence-electron chi connectivity index (χ0n) is 20.3. The highest BCUT2D eigenvalue weighted by Crippen LogP contribution is 2.55. The Bertz CT molecular complexity index is 837. The van der Waals surface area contributed by atoms with Gasteiger partial charge < -0.3 is 15.2 Å². The summed E-state index contributed by atoms with van der Waals surface area (Å²) in [6.07, 6.45) is 10.1. The van der Waals surface area contributed by atoms with E-state index in [1.54, 1.807) is 6.92 Å². The number of nitrogens with one attached hydrogen (secondary N) is 1. The molecule has 0 bridgehead atoms. The molecule has 0 fully saturated rings. The third-order valence-electron chi connectivity index (χ3n) is 7.39. The summed E-state index contributed by atoms with van der Waals surface area (Å²) in [4.78, 5) is 11.4. The van der Waals surface area contributed by atoms with Crippen molar-refractivity contribution in [2.24, 2.45) is 5.92 Å². The fourth-order valence-corrected chi connectivity index (χ4v) is 5.38. The number of amides is 1. The smallest absolute Gasteiger partial charge is 0.217 e. The number of hydrogen-bond acceptors (Lipinski definition) is 3. The van der Waals surface area contributed by atoms with Crippen molar-refractivity contribution in [3.05, 3.63) is 34.9 Å². The molecule has 0 aromatic heterocycles. The molecule has 3 rings (SSSR count). The van der Waals surface area contributed by atoms with Crippen LogP contribution in [0.15, 0.2) is 23.8 Å². The van der Waals surface area contributed by atoms with Gasteiger partial charge in [0.05, 0.1) is 0 Å². The summed E-state index contributed by atoms with van der Waals surface area (Å²) in [5.41, 5.74) is 3.03. The summed E-state index contributed by atoms with van der Waals surface area (Å²) in [6, 6.07) is 4.15. The Morgan fingerprint density at radius 2 is 2.00 bits per heavy atom. The van der Waals surface area contributed by atoms with Crippen molar-refractivity contribution < 1.29 is 14.6 Å². The zero-order chi connectivity index (χ0) is 22.8. The molecule has 2 aliphatic rings. The lowest BCUT2D eigenvalue weighted by Gasteiger charge is -2.47. The van der Waals surface area contributed by atoms with Crippen LogP contribution in [0.4, 0.5) is 0 Å². The third-order valence-corrected chi connectivity index (χ3v) is 7.39. The Labute approximate surface area is 188 Å². The first-order valence-electron chi connectivity index (χ1n) is 12.0. The lowest BCUT2D eigenvalue weighted by molar-refractivity contribution is -0.118. The molecular weight excluding hydrogens is 386 g/mol. The van der Waals surface area contributed by atoms with E-state index in [2.05, 4.69) is 52.1 Å². The predicted octanol–water partition coefficient (Wildman–Crippen LogP) is 6.37. The van der Waals surface area contributed by atoms with Crippen molar-refractivity contribution >= 4 is 5.91 Å². The van der Waals surface area contributed by atoms with Crippen molar-refractivity contribution in [1.29, 1.82) is 0 Å². The standard InChI is InChI=1S/C27H41NO3/c1-7-8-9-10-13-26(3,4)20-15-23(30)25-21-14-19(17-28-18(2)29)11-12-22(21)27(5,6)31-24(25)16-20/h11,15-16,21-22,30H,7-10,12-14,17H2,1-6H3,(H,28,29). The van der Waals surface area contributed by atoms with Gasteiger partial charge >= 0.3 is 0 Å². The van der Waals surface area contributed by atoms with Crippen molar-refractivity contribution in [1.82, 2.24) is 5.32 Å². The van der Waals surface area contributed by atoms with E-state index in [9.17, 15) is 9.90 Å². The van der Waals surface area contributed by atoms with Crippen LogP contribution in [-0.4, -0.2) is 23.2 Å². The molecule has 0 radical (unpaired) electrons. The molecule has 172 valence electrons. The van der Waals surface area contributed by atoms with Crippen LogP contribution >= 0.6 is 0 Å². The number of aromatic hydroxyl groups is 1. The van der Waals surface area contributed by atoms with Crippen molar-refractivity contribution in [2.45, 2.75) is 103 Å². The number of benzene rings is 1. The number of carbonyl (C=O) groups excluding carboxylic acids is 1. The Morgan fingerprint density at radius 1 is 1.26 bits per heavy atom. The lowest BCUT2D eigenvalue weighted by Crippen LogP contribution is -2.46. The molecule has 4 heteroatoms. The molecule has 1 aliphatic carbocycles. The van der Waals surface area contributed by atoms with E-state index in [-0.39, 0.29) is 22.8 Å². The summed E-state index contributed by atoms with van der Waals surface area (Å²) in [6.45, 7) is 13.2. The minimum Gasteiger partial charge on any atom is -0.508 e. The number of ether oxygens (including phenoxy) is 1. The minimum absolute atomic E-state index is 0.00631. The highest BCUT2D eigenvalue weighted by molar-refractivity contribution is 5.73. The van der Waals surface area contributed by atoms with Gasteiger partial charge in [-0.3, -0.25) is 4.79 Å². The summed E-state index contributed by atoms with van der Waals surface area (Å²) < 4.78 is 6.52. The van der Waals surface area contributed by atoms with Gasteiger partial charge in [0.15, 0.2) is 0 Å². The maximum absolute atomic E-state index is 11.4. The minimum atomic E-state index is -0.302. The summed E-state index contributed by atoms with van der Waals surface area (Å²) in [5, 5.41) is 14.1. The second kappa shape index (κ2) is 9.26. The molecule has 1 amide bonds. The van der Waals surface area contributed by atoms with Gasteiger partial charge in [-0.05, 0) is 56.2 Å². The number of phenolic OH excluding ortho intramolecular Hbond substituents is 1. The number of phenols is 1. The maximum Gasteiger partial charge on any atom is 0.217 e. The number of allylic oxidation sites excluding steroid dienone is 1. The zero-order valence-corrected chi connectivity index (χ0v) is 20.3. The molecule has 1 aromatic rings. The van der Waals surface area contributed by atoms with Crippen LogP contribution in [0.1, 0.15) is 104 Å². The fraction of sp³-hybridized carbons (Fsp3) is 0.667. The molecule has 31 heavy (non-hydrogen) atoms. The molecule has 2 unspecified atom stereocenters. The van der Waals surface area contributed by atoms with Gasteiger partial charge in [-0.25, -0.2) is 0 Å². The molecule has 1 aromatic carbocycles. The Morgan fingerprint density at radius 3 is 2.68 bits per heavy atom. The van der Waals surface area contributed by atoms with E-state index >= 15 is 0 Å². The monoisotopic (exact) mass is 427 g/mol. The van der Waals surface area contributed by atoms with Crippen molar-refractivity contribution in [3.63, 3.8) is 0 Å². The van der Waals surface area contributed by atoms with Crippen LogP contribution in [0.2, 0.25) is 0 Å². The van der Waals surface area contributed by atoms with Gasteiger partial charge in [0.25, 0.3) is 0 Å².